The van der Waals surface area contributed by atoms with Crippen LogP contribution in [0.25, 0.3) is 0 Å². The molecule has 3 aliphatic heterocycles. The fourth-order valence-corrected chi connectivity index (χ4v) is 9.09. The van der Waals surface area contributed by atoms with Crippen LogP contribution < -0.4 is 15.4 Å². The molecular formula is C29H34ClN3O5S. The molecule has 1 spiro atoms. The van der Waals surface area contributed by atoms with Crippen molar-refractivity contribution in [3.63, 3.8) is 0 Å². The molecule has 10 heteroatoms. The molecule has 39 heavy (non-hydrogen) atoms. The fourth-order valence-electron chi connectivity index (χ4n) is 6.55. The second-order valence-electron chi connectivity index (χ2n) is 10.6. The molecule has 2 bridgehead atoms. The number of nitrogens with zero attached hydrogens (tertiary/aromatic N) is 1. The lowest BCUT2D eigenvalue weighted by Crippen LogP contribution is -2.52. The van der Waals surface area contributed by atoms with Crippen molar-refractivity contribution in [3.8, 4) is 5.75 Å². The largest absolute Gasteiger partial charge is 0.494 e. The molecule has 3 heterocycles. The number of ether oxygens (including phenoxy) is 1. The van der Waals surface area contributed by atoms with E-state index in [0.717, 1.165) is 6.42 Å². The van der Waals surface area contributed by atoms with E-state index in [1.807, 2.05) is 13.8 Å². The number of rotatable bonds is 10. The van der Waals surface area contributed by atoms with Gasteiger partial charge in [0.25, 0.3) is 0 Å². The van der Waals surface area contributed by atoms with E-state index in [0.29, 0.717) is 54.6 Å². The monoisotopic (exact) mass is 571 g/mol. The van der Waals surface area contributed by atoms with Gasteiger partial charge in [-0.25, -0.2) is 0 Å². The van der Waals surface area contributed by atoms with Crippen LogP contribution in [0.2, 0.25) is 5.02 Å². The second kappa shape index (κ2) is 11.0. The van der Waals surface area contributed by atoms with Crippen molar-refractivity contribution >= 4 is 52.5 Å². The van der Waals surface area contributed by atoms with Crippen LogP contribution in [-0.4, -0.2) is 63.0 Å². The lowest BCUT2D eigenvalue weighted by atomic mass is 9.66. The minimum Gasteiger partial charge on any atom is -0.494 e. The number of hydrogen-bond acceptors (Lipinski definition) is 6. The van der Waals surface area contributed by atoms with Crippen molar-refractivity contribution in [2.24, 2.45) is 11.8 Å². The molecule has 5 atom stereocenters. The minimum absolute atomic E-state index is 0.00697. The maximum Gasteiger partial charge on any atom is 0.248 e. The molecule has 3 aliphatic rings. The van der Waals surface area contributed by atoms with Gasteiger partial charge in [-0.2, -0.15) is 0 Å². The average molecular weight is 572 g/mol. The Hall–Kier alpha value is -2.75. The van der Waals surface area contributed by atoms with Crippen LogP contribution in [0.1, 0.15) is 39.5 Å². The Morgan fingerprint density at radius 1 is 1.10 bits per heavy atom. The van der Waals surface area contributed by atoms with Gasteiger partial charge in [-0.15, -0.1) is 11.8 Å². The summed E-state index contributed by atoms with van der Waals surface area (Å²) in [6.07, 6.45) is 2.47. The first-order chi connectivity index (χ1) is 18.7. The van der Waals surface area contributed by atoms with Gasteiger partial charge in [0.2, 0.25) is 17.7 Å². The van der Waals surface area contributed by atoms with Crippen molar-refractivity contribution in [2.45, 2.75) is 55.1 Å². The molecule has 0 aromatic heterocycles. The predicted molar refractivity (Wildman–Crippen MR) is 153 cm³/mol. The van der Waals surface area contributed by atoms with Crippen molar-refractivity contribution in [3.05, 3.63) is 53.6 Å². The van der Waals surface area contributed by atoms with Crippen LogP contribution in [0, 0.1) is 11.8 Å². The molecule has 208 valence electrons. The van der Waals surface area contributed by atoms with E-state index in [9.17, 15) is 19.5 Å². The number of thioether (sulfide) groups is 1. The molecule has 0 aliphatic carbocycles. The molecular weight excluding hydrogens is 538 g/mol. The topological polar surface area (TPSA) is 108 Å². The number of halogens is 1. The summed E-state index contributed by atoms with van der Waals surface area (Å²) >= 11 is 7.95. The number of amides is 3. The molecule has 0 saturated carbocycles. The first-order valence-electron chi connectivity index (χ1n) is 13.4. The maximum atomic E-state index is 14.1. The normalized spacial score (nSPS) is 28.9. The molecule has 2 aromatic carbocycles. The molecule has 3 N–H and O–H groups in total. The van der Waals surface area contributed by atoms with Crippen LogP contribution >= 0.6 is 23.4 Å². The zero-order valence-electron chi connectivity index (χ0n) is 22.1. The van der Waals surface area contributed by atoms with Gasteiger partial charge in [0, 0.05) is 23.6 Å². The van der Waals surface area contributed by atoms with Crippen molar-refractivity contribution in [1.29, 1.82) is 0 Å². The van der Waals surface area contributed by atoms with E-state index in [1.165, 1.54) is 0 Å². The lowest BCUT2D eigenvalue weighted by Gasteiger charge is -2.35. The van der Waals surface area contributed by atoms with Gasteiger partial charge >= 0.3 is 0 Å². The van der Waals surface area contributed by atoms with E-state index >= 15 is 0 Å². The van der Waals surface area contributed by atoms with Gasteiger partial charge in [-0.05, 0) is 75.9 Å². The summed E-state index contributed by atoms with van der Waals surface area (Å²) in [6, 6.07) is 13.4. The number of benzene rings is 2. The van der Waals surface area contributed by atoms with E-state index < -0.39 is 27.4 Å². The Morgan fingerprint density at radius 3 is 2.54 bits per heavy atom. The highest BCUT2D eigenvalue weighted by Crippen LogP contribution is 2.71. The Labute approximate surface area is 237 Å². The SMILES string of the molecule is CCOc1ccc(NC(=O)[C@@H]2[C@H]3C(=O)N(CCCCO)C(C(=O)Nc4ccccc4Cl)C34CC[C@@]2(C)S4)cc1. The van der Waals surface area contributed by atoms with E-state index in [1.54, 1.807) is 65.2 Å². The summed E-state index contributed by atoms with van der Waals surface area (Å²) < 4.78 is 4.30. The number of hydrogen-bond donors (Lipinski definition) is 3. The average Bonchev–Trinajstić information content (AvgIpc) is 3.47. The number of unbranched alkanes of at least 4 members (excludes halogenated alkanes) is 1. The van der Waals surface area contributed by atoms with Gasteiger partial charge in [0.15, 0.2) is 0 Å². The second-order valence-corrected chi connectivity index (χ2v) is 12.9. The van der Waals surface area contributed by atoms with Crippen LogP contribution in [0.3, 0.4) is 0 Å². The first-order valence-corrected chi connectivity index (χ1v) is 14.6. The first kappa shape index (κ1) is 27.8. The third kappa shape index (κ3) is 4.89. The van der Waals surface area contributed by atoms with Crippen molar-refractivity contribution in [1.82, 2.24) is 4.90 Å². The Balaban J connectivity index is 1.45. The van der Waals surface area contributed by atoms with E-state index in [-0.39, 0.29) is 24.3 Å². The Kier molecular flexibility index (Phi) is 7.86. The number of carbonyl (C=O) groups is 3. The number of aliphatic hydroxyl groups is 1. The summed E-state index contributed by atoms with van der Waals surface area (Å²) in [5.41, 5.74) is 1.12. The Morgan fingerprint density at radius 2 is 1.85 bits per heavy atom. The predicted octanol–water partition coefficient (Wildman–Crippen LogP) is 4.57. The third-order valence-corrected chi connectivity index (χ3v) is 10.5. The Bertz CT molecular complexity index is 1260. The standard InChI is InChI=1S/C29H34ClN3O5S/c1-3-38-19-12-10-18(11-13-19)31-25(35)22-23-27(37)33(16-6-7-17-34)24(29(23)15-14-28(22,2)39-29)26(36)32-21-9-5-4-8-20(21)30/h4-5,8-13,22-24,34H,3,6-7,14-17H2,1-2H3,(H,31,35)(H,32,36)/t22-,23-,24?,28+,29?/m0/s1. The zero-order chi connectivity index (χ0) is 27.8. The number of fused-ring (bicyclic) bond motifs is 1. The maximum absolute atomic E-state index is 14.1. The minimum atomic E-state index is -0.750. The summed E-state index contributed by atoms with van der Waals surface area (Å²) in [5, 5.41) is 15.7. The van der Waals surface area contributed by atoms with Crippen LogP contribution in [0.5, 0.6) is 5.75 Å². The summed E-state index contributed by atoms with van der Waals surface area (Å²) in [4.78, 5) is 43.4. The fraction of sp³-hybridized carbons (Fsp3) is 0.483. The molecule has 3 fully saturated rings. The molecule has 3 amide bonds. The quantitative estimate of drug-likeness (QED) is 0.361. The van der Waals surface area contributed by atoms with Crippen molar-refractivity contribution < 1.29 is 24.2 Å². The molecule has 2 unspecified atom stereocenters. The number of carbonyl (C=O) groups excluding carboxylic acids is 3. The van der Waals surface area contributed by atoms with Gasteiger partial charge < -0.3 is 25.4 Å². The van der Waals surface area contributed by atoms with E-state index in [4.69, 9.17) is 16.3 Å². The van der Waals surface area contributed by atoms with Gasteiger partial charge in [-0.1, -0.05) is 23.7 Å². The summed E-state index contributed by atoms with van der Waals surface area (Å²) in [6.45, 7) is 4.84. The smallest absolute Gasteiger partial charge is 0.248 e. The van der Waals surface area contributed by atoms with Gasteiger partial charge in [-0.3, -0.25) is 14.4 Å². The molecule has 2 aromatic rings. The highest BCUT2D eigenvalue weighted by Gasteiger charge is 2.77. The molecule has 8 nitrogen and oxygen atoms in total. The zero-order valence-corrected chi connectivity index (χ0v) is 23.7. The molecule has 0 radical (unpaired) electrons. The van der Waals surface area contributed by atoms with Crippen molar-refractivity contribution in [2.75, 3.05) is 30.4 Å². The third-order valence-electron chi connectivity index (χ3n) is 8.18. The number of para-hydroxylation sites is 1. The summed E-state index contributed by atoms with van der Waals surface area (Å²) in [5.74, 6) is -1.18. The van der Waals surface area contributed by atoms with E-state index in [2.05, 4.69) is 10.6 Å². The molecule has 3 saturated heterocycles. The molecule has 5 rings (SSSR count). The van der Waals surface area contributed by atoms with Gasteiger partial charge in [0.1, 0.15) is 11.8 Å². The lowest BCUT2D eigenvalue weighted by molar-refractivity contribution is -0.139. The summed E-state index contributed by atoms with van der Waals surface area (Å²) in [7, 11) is 0. The number of anilines is 2. The van der Waals surface area contributed by atoms with Crippen LogP contribution in [0.4, 0.5) is 11.4 Å². The number of likely N-dealkylation sites (tertiary alicyclic amines) is 1. The number of nitrogens with one attached hydrogen (secondary N) is 2. The van der Waals surface area contributed by atoms with Crippen LogP contribution in [-0.2, 0) is 14.4 Å². The highest BCUT2D eigenvalue weighted by atomic mass is 35.5. The number of aliphatic hydroxyl groups excluding tert-OH is 1. The van der Waals surface area contributed by atoms with Crippen LogP contribution in [0.15, 0.2) is 48.5 Å². The van der Waals surface area contributed by atoms with Gasteiger partial charge in [0.05, 0.1) is 33.9 Å². The highest BCUT2D eigenvalue weighted by molar-refractivity contribution is 8.02.